The summed E-state index contributed by atoms with van der Waals surface area (Å²) in [5, 5.41) is 0. The Balaban J connectivity index is 5.40. The fourth-order valence-corrected chi connectivity index (χ4v) is 1.23. The maximum absolute atomic E-state index is 11.3. The highest BCUT2D eigenvalue weighted by molar-refractivity contribution is 6.19. The highest BCUT2D eigenvalue weighted by Crippen LogP contribution is 2.18. The standard InChI is InChI=1S/C10H10Cl2O4/c1-3-5-7(9(13)15-11)8(6-4-2)10(14)16-12/h3-4H,1-2,5-6H2/b8-7-. The molecule has 6 heteroatoms. The highest BCUT2D eigenvalue weighted by atomic mass is 35.5. The minimum atomic E-state index is -0.847. The van der Waals surface area contributed by atoms with E-state index in [1.807, 2.05) is 0 Å². The maximum Gasteiger partial charge on any atom is 0.353 e. The topological polar surface area (TPSA) is 52.6 Å². The largest absolute Gasteiger partial charge is 0.353 e. The third kappa shape index (κ3) is 4.08. The van der Waals surface area contributed by atoms with Gasteiger partial charge >= 0.3 is 11.9 Å². The number of allylic oxidation sites excluding steroid dienone is 2. The first kappa shape index (κ1) is 14.7. The summed E-state index contributed by atoms with van der Waals surface area (Å²) in [6.45, 7) is 6.90. The molecule has 0 atom stereocenters. The highest BCUT2D eigenvalue weighted by Gasteiger charge is 2.21. The number of carbonyl (C=O) groups is 2. The van der Waals surface area contributed by atoms with Gasteiger partial charge in [0.1, 0.15) is 23.7 Å². The molecule has 16 heavy (non-hydrogen) atoms. The molecule has 88 valence electrons. The molecule has 0 unspecified atom stereocenters. The first-order valence-corrected chi connectivity index (χ1v) is 4.83. The molecule has 0 heterocycles. The Morgan fingerprint density at radius 2 is 1.25 bits per heavy atom. The predicted octanol–water partition coefficient (Wildman–Crippen LogP) is 2.83. The predicted molar refractivity (Wildman–Crippen MR) is 60.5 cm³/mol. The van der Waals surface area contributed by atoms with Crippen LogP contribution in [0.25, 0.3) is 0 Å². The van der Waals surface area contributed by atoms with Crippen molar-refractivity contribution in [3.05, 3.63) is 36.5 Å². The summed E-state index contributed by atoms with van der Waals surface area (Å²) in [5.74, 6) is -1.69. The van der Waals surface area contributed by atoms with Gasteiger partial charge in [0.15, 0.2) is 0 Å². The Bertz CT molecular complexity index is 302. The van der Waals surface area contributed by atoms with E-state index in [1.54, 1.807) is 0 Å². The van der Waals surface area contributed by atoms with Gasteiger partial charge in [-0.1, -0.05) is 12.2 Å². The van der Waals surface area contributed by atoms with Crippen LogP contribution in [0.1, 0.15) is 12.8 Å². The Morgan fingerprint density at radius 3 is 1.44 bits per heavy atom. The van der Waals surface area contributed by atoms with Crippen LogP contribution in [0.3, 0.4) is 0 Å². The Labute approximate surface area is 103 Å². The van der Waals surface area contributed by atoms with E-state index in [0.717, 1.165) is 0 Å². The molecule has 0 fully saturated rings. The molecule has 0 aromatic heterocycles. The molecule has 0 aliphatic heterocycles. The van der Waals surface area contributed by atoms with Gasteiger partial charge in [0, 0.05) is 0 Å². The smallest absolute Gasteiger partial charge is 0.343 e. The second-order valence-electron chi connectivity index (χ2n) is 2.67. The fraction of sp³-hybridized carbons (Fsp3) is 0.200. The molecule has 0 aromatic carbocycles. The van der Waals surface area contributed by atoms with Crippen LogP contribution >= 0.6 is 23.7 Å². The molecule has 0 aromatic rings. The van der Waals surface area contributed by atoms with Gasteiger partial charge in [-0.05, 0) is 12.8 Å². The fourth-order valence-electron chi connectivity index (χ4n) is 1.04. The van der Waals surface area contributed by atoms with Crippen LogP contribution in [0.5, 0.6) is 0 Å². The zero-order chi connectivity index (χ0) is 12.6. The molecule has 0 rings (SSSR count). The maximum atomic E-state index is 11.3. The van der Waals surface area contributed by atoms with Crippen molar-refractivity contribution in [3.8, 4) is 0 Å². The second-order valence-corrected chi connectivity index (χ2v) is 2.98. The van der Waals surface area contributed by atoms with Crippen molar-refractivity contribution in [2.45, 2.75) is 12.8 Å². The lowest BCUT2D eigenvalue weighted by atomic mass is 10.0. The minimum Gasteiger partial charge on any atom is -0.343 e. The van der Waals surface area contributed by atoms with Gasteiger partial charge in [-0.2, -0.15) is 0 Å². The number of carbonyl (C=O) groups excluding carboxylic acids is 2. The van der Waals surface area contributed by atoms with Gasteiger partial charge in [-0.15, -0.1) is 13.2 Å². The van der Waals surface area contributed by atoms with E-state index in [1.165, 1.54) is 12.2 Å². The lowest BCUT2D eigenvalue weighted by Crippen LogP contribution is -2.12. The quantitative estimate of drug-likeness (QED) is 0.547. The van der Waals surface area contributed by atoms with E-state index >= 15 is 0 Å². The molecule has 0 radical (unpaired) electrons. The minimum absolute atomic E-state index is 0.0375. The number of halogens is 2. The van der Waals surface area contributed by atoms with Gasteiger partial charge in [0.2, 0.25) is 0 Å². The summed E-state index contributed by atoms with van der Waals surface area (Å²) >= 11 is 9.89. The van der Waals surface area contributed by atoms with Crippen LogP contribution < -0.4 is 0 Å². The summed E-state index contributed by atoms with van der Waals surface area (Å²) in [5.41, 5.74) is 0.0751. The third-order valence-electron chi connectivity index (χ3n) is 1.69. The van der Waals surface area contributed by atoms with Crippen LogP contribution in [0.15, 0.2) is 36.5 Å². The molecule has 0 spiro atoms. The van der Waals surface area contributed by atoms with Crippen molar-refractivity contribution in [1.29, 1.82) is 0 Å². The zero-order valence-electron chi connectivity index (χ0n) is 8.37. The summed E-state index contributed by atoms with van der Waals surface area (Å²) in [6, 6.07) is 0. The average molecular weight is 265 g/mol. The van der Waals surface area contributed by atoms with Crippen LogP contribution in [0.2, 0.25) is 0 Å². The Kier molecular flexibility index (Phi) is 7.33. The van der Waals surface area contributed by atoms with Gasteiger partial charge in [-0.3, -0.25) is 0 Å². The molecular formula is C10H10Cl2O4. The SMILES string of the molecule is C=CC/C(C(=O)OCl)=C(\CC=C)C(=O)OCl. The zero-order valence-corrected chi connectivity index (χ0v) is 9.88. The van der Waals surface area contributed by atoms with Gasteiger partial charge in [0.25, 0.3) is 0 Å². The number of hydrogen-bond donors (Lipinski definition) is 0. The van der Waals surface area contributed by atoms with Crippen LogP contribution in [0, 0.1) is 0 Å². The van der Waals surface area contributed by atoms with Gasteiger partial charge in [-0.25, -0.2) is 9.59 Å². The van der Waals surface area contributed by atoms with Crippen LogP contribution in [-0.4, -0.2) is 11.9 Å². The van der Waals surface area contributed by atoms with E-state index in [2.05, 4.69) is 21.7 Å². The van der Waals surface area contributed by atoms with E-state index in [4.69, 9.17) is 23.7 Å². The summed E-state index contributed by atoms with van der Waals surface area (Å²) in [6.07, 6.45) is 3.07. The van der Waals surface area contributed by atoms with Crippen molar-refractivity contribution in [2.75, 3.05) is 0 Å². The molecule has 0 amide bonds. The molecule has 0 aliphatic rings. The number of hydrogen-bond acceptors (Lipinski definition) is 4. The lowest BCUT2D eigenvalue weighted by molar-refractivity contribution is -0.133. The first-order chi connectivity index (χ1) is 7.62. The van der Waals surface area contributed by atoms with E-state index in [0.29, 0.717) is 0 Å². The van der Waals surface area contributed by atoms with Crippen LogP contribution in [-0.2, 0) is 18.2 Å². The van der Waals surface area contributed by atoms with Crippen molar-refractivity contribution in [3.63, 3.8) is 0 Å². The Hall–Kier alpha value is -1.26. The molecular weight excluding hydrogens is 255 g/mol. The Morgan fingerprint density at radius 1 is 0.938 bits per heavy atom. The average Bonchev–Trinajstić information content (AvgIpc) is 2.31. The van der Waals surface area contributed by atoms with Crippen molar-refractivity contribution in [2.24, 2.45) is 0 Å². The van der Waals surface area contributed by atoms with E-state index in [-0.39, 0.29) is 24.0 Å². The molecule has 0 bridgehead atoms. The molecule has 0 saturated carbocycles. The van der Waals surface area contributed by atoms with Crippen molar-refractivity contribution >= 4 is 35.7 Å². The second kappa shape index (κ2) is 7.96. The third-order valence-corrected chi connectivity index (χ3v) is 1.97. The van der Waals surface area contributed by atoms with Crippen molar-refractivity contribution < 1.29 is 18.2 Å². The lowest BCUT2D eigenvalue weighted by Gasteiger charge is -2.06. The van der Waals surface area contributed by atoms with E-state index in [9.17, 15) is 9.59 Å². The molecule has 0 aliphatic carbocycles. The molecule has 0 saturated heterocycles. The molecule has 4 nitrogen and oxygen atoms in total. The first-order valence-electron chi connectivity index (χ1n) is 4.22. The number of rotatable bonds is 6. The van der Waals surface area contributed by atoms with E-state index < -0.39 is 11.9 Å². The van der Waals surface area contributed by atoms with Crippen molar-refractivity contribution in [1.82, 2.24) is 0 Å². The van der Waals surface area contributed by atoms with Crippen LogP contribution in [0.4, 0.5) is 0 Å². The normalized spacial score (nSPS) is 11.1. The summed E-state index contributed by atoms with van der Waals surface area (Å²) in [7, 11) is 0. The monoisotopic (exact) mass is 264 g/mol. The summed E-state index contributed by atoms with van der Waals surface area (Å²) in [4.78, 5) is 22.6. The summed E-state index contributed by atoms with van der Waals surface area (Å²) < 4.78 is 8.06. The van der Waals surface area contributed by atoms with Gasteiger partial charge < -0.3 is 8.58 Å². The molecule has 0 N–H and O–H groups in total. The van der Waals surface area contributed by atoms with Gasteiger partial charge in [0.05, 0.1) is 11.1 Å².